The van der Waals surface area contributed by atoms with Gasteiger partial charge in [0.15, 0.2) is 0 Å². The molecule has 1 aromatic carbocycles. The quantitative estimate of drug-likeness (QED) is 0.855. The predicted molar refractivity (Wildman–Crippen MR) is 83.7 cm³/mol. The first-order chi connectivity index (χ1) is 9.65. The van der Waals surface area contributed by atoms with E-state index in [1.807, 2.05) is 0 Å². The number of hydrogen-bond donors (Lipinski definition) is 2. The number of piperazine rings is 1. The fraction of sp³-hybridized carbons (Fsp3) is 0.625. The van der Waals surface area contributed by atoms with E-state index < -0.39 is 0 Å². The molecule has 4 heteroatoms. The molecule has 2 fully saturated rings. The van der Waals surface area contributed by atoms with E-state index in [4.69, 9.17) is 0 Å². The van der Waals surface area contributed by atoms with Crippen LogP contribution in [0.5, 0.6) is 0 Å². The lowest BCUT2D eigenvalue weighted by molar-refractivity contribution is 0.198. The van der Waals surface area contributed by atoms with Crippen LogP contribution in [0.15, 0.2) is 18.2 Å². The van der Waals surface area contributed by atoms with Gasteiger partial charge in [-0.3, -0.25) is 0 Å². The van der Waals surface area contributed by atoms with Crippen molar-refractivity contribution < 1.29 is 5.11 Å². The molecule has 2 N–H and O–H groups in total. The van der Waals surface area contributed by atoms with Crippen LogP contribution in [0.25, 0.3) is 0 Å². The largest absolute Gasteiger partial charge is 0.391 e. The van der Waals surface area contributed by atoms with Gasteiger partial charge >= 0.3 is 0 Å². The summed E-state index contributed by atoms with van der Waals surface area (Å²) in [6, 6.07) is 7.29. The van der Waals surface area contributed by atoms with Gasteiger partial charge in [-0.15, -0.1) is 0 Å². The SMILES string of the molecule is Cc1cc(N2CCNC[C@@H]2C)ccc1N1CC[C@@H](O)C1. The molecule has 3 rings (SSSR count). The van der Waals surface area contributed by atoms with Crippen LogP contribution in [0, 0.1) is 6.92 Å². The average molecular weight is 275 g/mol. The molecule has 0 aliphatic carbocycles. The van der Waals surface area contributed by atoms with Crippen molar-refractivity contribution >= 4 is 11.4 Å². The predicted octanol–water partition coefficient (Wildman–Crippen LogP) is 1.36. The van der Waals surface area contributed by atoms with E-state index in [0.717, 1.165) is 39.1 Å². The van der Waals surface area contributed by atoms with Crippen LogP contribution >= 0.6 is 0 Å². The molecule has 2 heterocycles. The molecule has 2 saturated heterocycles. The van der Waals surface area contributed by atoms with Crippen LogP contribution < -0.4 is 15.1 Å². The third-order valence-electron chi connectivity index (χ3n) is 4.52. The smallest absolute Gasteiger partial charge is 0.0731 e. The minimum Gasteiger partial charge on any atom is -0.391 e. The van der Waals surface area contributed by atoms with Crippen molar-refractivity contribution in [3.05, 3.63) is 23.8 Å². The molecule has 0 spiro atoms. The molecule has 0 radical (unpaired) electrons. The summed E-state index contributed by atoms with van der Waals surface area (Å²) in [5.41, 5.74) is 3.90. The molecular weight excluding hydrogens is 250 g/mol. The zero-order valence-corrected chi connectivity index (χ0v) is 12.5. The Hall–Kier alpha value is -1.26. The number of nitrogens with zero attached hydrogens (tertiary/aromatic N) is 2. The fourth-order valence-corrected chi connectivity index (χ4v) is 3.36. The maximum Gasteiger partial charge on any atom is 0.0731 e. The van der Waals surface area contributed by atoms with E-state index in [1.165, 1.54) is 16.9 Å². The third-order valence-corrected chi connectivity index (χ3v) is 4.52. The van der Waals surface area contributed by atoms with E-state index in [1.54, 1.807) is 0 Å². The van der Waals surface area contributed by atoms with Crippen molar-refractivity contribution in [3.8, 4) is 0 Å². The zero-order valence-electron chi connectivity index (χ0n) is 12.5. The molecule has 0 unspecified atom stereocenters. The highest BCUT2D eigenvalue weighted by Crippen LogP contribution is 2.29. The molecule has 1 aromatic rings. The van der Waals surface area contributed by atoms with Crippen LogP contribution in [-0.2, 0) is 0 Å². The zero-order chi connectivity index (χ0) is 14.1. The van der Waals surface area contributed by atoms with Gasteiger partial charge in [0.1, 0.15) is 0 Å². The summed E-state index contributed by atoms with van der Waals surface area (Å²) in [5.74, 6) is 0. The van der Waals surface area contributed by atoms with Crippen molar-refractivity contribution in [3.63, 3.8) is 0 Å². The topological polar surface area (TPSA) is 38.7 Å². The number of aliphatic hydroxyl groups excluding tert-OH is 1. The van der Waals surface area contributed by atoms with Gasteiger partial charge in [-0.2, -0.15) is 0 Å². The van der Waals surface area contributed by atoms with Crippen molar-refractivity contribution in [2.24, 2.45) is 0 Å². The minimum atomic E-state index is -0.165. The molecule has 20 heavy (non-hydrogen) atoms. The summed E-state index contributed by atoms with van der Waals surface area (Å²) >= 11 is 0. The second kappa shape index (κ2) is 5.62. The van der Waals surface area contributed by atoms with Crippen molar-refractivity contribution in [2.75, 3.05) is 42.5 Å². The molecule has 2 atom stereocenters. The van der Waals surface area contributed by atoms with E-state index in [9.17, 15) is 5.11 Å². The first-order valence-corrected chi connectivity index (χ1v) is 7.66. The lowest BCUT2D eigenvalue weighted by Gasteiger charge is -2.36. The molecule has 0 saturated carbocycles. The number of anilines is 2. The molecule has 2 aliphatic heterocycles. The Balaban J connectivity index is 1.80. The third kappa shape index (κ3) is 2.63. The molecule has 110 valence electrons. The van der Waals surface area contributed by atoms with Crippen molar-refractivity contribution in [1.82, 2.24) is 5.32 Å². The van der Waals surface area contributed by atoms with Gasteiger partial charge in [-0.1, -0.05) is 0 Å². The summed E-state index contributed by atoms with van der Waals surface area (Å²) in [6.45, 7) is 9.36. The molecule has 0 bridgehead atoms. The van der Waals surface area contributed by atoms with Gasteiger partial charge in [0.2, 0.25) is 0 Å². The highest BCUT2D eigenvalue weighted by atomic mass is 16.3. The van der Waals surface area contributed by atoms with Crippen LogP contribution in [0.4, 0.5) is 11.4 Å². The first kappa shape index (κ1) is 13.7. The van der Waals surface area contributed by atoms with Gasteiger partial charge < -0.3 is 20.2 Å². The highest BCUT2D eigenvalue weighted by Gasteiger charge is 2.23. The molecule has 4 nitrogen and oxygen atoms in total. The Kier molecular flexibility index (Phi) is 3.85. The van der Waals surface area contributed by atoms with Gasteiger partial charge in [0.05, 0.1) is 6.10 Å². The number of nitrogens with one attached hydrogen (secondary N) is 1. The summed E-state index contributed by atoms with van der Waals surface area (Å²) in [7, 11) is 0. The summed E-state index contributed by atoms with van der Waals surface area (Å²) in [6.07, 6.45) is 0.720. The first-order valence-electron chi connectivity index (χ1n) is 7.66. The molecular formula is C16H25N3O. The van der Waals surface area contributed by atoms with Crippen molar-refractivity contribution in [2.45, 2.75) is 32.4 Å². The number of hydrogen-bond acceptors (Lipinski definition) is 4. The second-order valence-corrected chi connectivity index (χ2v) is 6.11. The summed E-state index contributed by atoms with van der Waals surface area (Å²) < 4.78 is 0. The number of aryl methyl sites for hydroxylation is 1. The second-order valence-electron chi connectivity index (χ2n) is 6.11. The van der Waals surface area contributed by atoms with Crippen LogP contribution in [-0.4, -0.2) is 50.0 Å². The van der Waals surface area contributed by atoms with E-state index in [0.29, 0.717) is 6.04 Å². The molecule has 0 amide bonds. The number of benzene rings is 1. The van der Waals surface area contributed by atoms with Gasteiger partial charge in [0, 0.05) is 50.1 Å². The number of rotatable bonds is 2. The van der Waals surface area contributed by atoms with Gasteiger partial charge in [0.25, 0.3) is 0 Å². The molecule has 2 aliphatic rings. The maximum absolute atomic E-state index is 9.69. The minimum absolute atomic E-state index is 0.165. The number of aliphatic hydroxyl groups is 1. The van der Waals surface area contributed by atoms with Crippen molar-refractivity contribution in [1.29, 1.82) is 0 Å². The Bertz CT molecular complexity index is 477. The summed E-state index contributed by atoms with van der Waals surface area (Å²) in [5, 5.41) is 13.1. The fourth-order valence-electron chi connectivity index (χ4n) is 3.36. The summed E-state index contributed by atoms with van der Waals surface area (Å²) in [4.78, 5) is 4.77. The normalized spacial score (nSPS) is 27.1. The Morgan fingerprint density at radius 3 is 2.80 bits per heavy atom. The monoisotopic (exact) mass is 275 g/mol. The van der Waals surface area contributed by atoms with Crippen LogP contribution in [0.1, 0.15) is 18.9 Å². The van der Waals surface area contributed by atoms with E-state index in [-0.39, 0.29) is 6.10 Å². The van der Waals surface area contributed by atoms with E-state index in [2.05, 4.69) is 47.2 Å². The number of β-amino-alcohol motifs (C(OH)–C–C–N with tert-alkyl or cyclic N) is 1. The Morgan fingerprint density at radius 1 is 1.30 bits per heavy atom. The highest BCUT2D eigenvalue weighted by molar-refractivity contribution is 5.62. The maximum atomic E-state index is 9.69. The Morgan fingerprint density at radius 2 is 2.15 bits per heavy atom. The van der Waals surface area contributed by atoms with Gasteiger partial charge in [-0.05, 0) is 44.0 Å². The Labute approximate surface area is 121 Å². The lowest BCUT2D eigenvalue weighted by atomic mass is 10.1. The van der Waals surface area contributed by atoms with Crippen LogP contribution in [0.3, 0.4) is 0 Å². The lowest BCUT2D eigenvalue weighted by Crippen LogP contribution is -2.49. The van der Waals surface area contributed by atoms with Gasteiger partial charge in [-0.25, -0.2) is 0 Å². The van der Waals surface area contributed by atoms with Crippen LogP contribution in [0.2, 0.25) is 0 Å². The standard InChI is InChI=1S/C16H25N3O/c1-12-9-14(19-8-6-17-10-13(19)2)3-4-16(12)18-7-5-15(20)11-18/h3-4,9,13,15,17,20H,5-8,10-11H2,1-2H3/t13-,15+/m0/s1. The molecule has 0 aromatic heterocycles. The average Bonchev–Trinajstić information content (AvgIpc) is 2.85. The van der Waals surface area contributed by atoms with E-state index >= 15 is 0 Å².